The highest BCUT2D eigenvalue weighted by Gasteiger charge is 2.25. The summed E-state index contributed by atoms with van der Waals surface area (Å²) >= 11 is 0. The molecule has 7 heteroatoms. The molecular formula is C20H21FN2O4. The zero-order valence-corrected chi connectivity index (χ0v) is 15.1. The van der Waals surface area contributed by atoms with E-state index < -0.39 is 4.92 Å². The Morgan fingerprint density at radius 1 is 1.33 bits per heavy atom. The lowest BCUT2D eigenvalue weighted by Crippen LogP contribution is -2.37. The van der Waals surface area contributed by atoms with E-state index in [0.29, 0.717) is 29.8 Å². The minimum atomic E-state index is -0.488. The molecule has 2 aromatic carbocycles. The van der Waals surface area contributed by atoms with Gasteiger partial charge in [0.25, 0.3) is 11.6 Å². The summed E-state index contributed by atoms with van der Waals surface area (Å²) in [6, 6.07) is 10.3. The van der Waals surface area contributed by atoms with Gasteiger partial charge in [-0.1, -0.05) is 12.1 Å². The third kappa shape index (κ3) is 4.68. The number of carbonyl (C=O) groups is 1. The molecule has 142 valence electrons. The topological polar surface area (TPSA) is 72.7 Å². The molecule has 6 nitrogen and oxygen atoms in total. The van der Waals surface area contributed by atoms with Crippen molar-refractivity contribution in [1.29, 1.82) is 0 Å². The monoisotopic (exact) mass is 372 g/mol. The number of carbonyl (C=O) groups excluding carboxylic acids is 1. The molecule has 1 saturated heterocycles. The molecule has 1 aliphatic rings. The highest BCUT2D eigenvalue weighted by Crippen LogP contribution is 2.22. The number of aryl methyl sites for hydroxylation is 1. The number of nitro groups is 1. The summed E-state index contributed by atoms with van der Waals surface area (Å²) in [5.41, 5.74) is 1.56. The van der Waals surface area contributed by atoms with E-state index in [-0.39, 0.29) is 30.1 Å². The van der Waals surface area contributed by atoms with E-state index in [0.717, 1.165) is 12.8 Å². The van der Waals surface area contributed by atoms with Crippen LogP contribution in [-0.4, -0.2) is 35.0 Å². The molecule has 1 amide bonds. The van der Waals surface area contributed by atoms with Gasteiger partial charge < -0.3 is 9.64 Å². The van der Waals surface area contributed by atoms with Crippen LogP contribution in [-0.2, 0) is 11.3 Å². The molecule has 1 heterocycles. The third-order valence-corrected chi connectivity index (χ3v) is 4.65. The van der Waals surface area contributed by atoms with Crippen molar-refractivity contribution in [3.63, 3.8) is 0 Å². The molecule has 1 aliphatic heterocycles. The first-order valence-electron chi connectivity index (χ1n) is 8.84. The van der Waals surface area contributed by atoms with Crippen molar-refractivity contribution in [3.05, 3.63) is 75.1 Å². The number of benzene rings is 2. The molecule has 0 aliphatic carbocycles. The number of amides is 1. The number of rotatable bonds is 6. The van der Waals surface area contributed by atoms with Crippen LogP contribution in [0.15, 0.2) is 42.5 Å². The Morgan fingerprint density at radius 3 is 2.78 bits per heavy atom. The Morgan fingerprint density at radius 2 is 2.15 bits per heavy atom. The standard InChI is InChI=1S/C20H21FN2O4/c1-14-10-17(23(25)26)7-8-19(14)20(24)22(13-18-6-3-9-27-18)12-15-4-2-5-16(21)11-15/h2,4-5,7-8,10-11,18H,3,6,9,12-13H2,1H3. The fourth-order valence-corrected chi connectivity index (χ4v) is 3.28. The third-order valence-electron chi connectivity index (χ3n) is 4.65. The van der Waals surface area contributed by atoms with Crippen molar-refractivity contribution in [2.75, 3.05) is 13.2 Å². The van der Waals surface area contributed by atoms with Gasteiger partial charge in [-0.15, -0.1) is 0 Å². The van der Waals surface area contributed by atoms with Crippen LogP contribution >= 0.6 is 0 Å². The summed E-state index contributed by atoms with van der Waals surface area (Å²) in [6.45, 7) is 2.98. The number of hydrogen-bond acceptors (Lipinski definition) is 4. The first-order valence-corrected chi connectivity index (χ1v) is 8.84. The molecule has 1 unspecified atom stereocenters. The van der Waals surface area contributed by atoms with Gasteiger partial charge in [-0.25, -0.2) is 4.39 Å². The Labute approximate surface area is 156 Å². The smallest absolute Gasteiger partial charge is 0.269 e. The van der Waals surface area contributed by atoms with Gasteiger partial charge in [-0.05, 0) is 49.1 Å². The predicted octanol–water partition coefficient (Wildman–Crippen LogP) is 3.86. The van der Waals surface area contributed by atoms with Crippen molar-refractivity contribution in [1.82, 2.24) is 4.90 Å². The maximum Gasteiger partial charge on any atom is 0.269 e. The van der Waals surface area contributed by atoms with Crippen LogP contribution in [0.25, 0.3) is 0 Å². The Hall–Kier alpha value is -2.80. The molecule has 0 aromatic heterocycles. The molecule has 3 rings (SSSR count). The maximum absolute atomic E-state index is 13.5. The van der Waals surface area contributed by atoms with Crippen LogP contribution in [0.2, 0.25) is 0 Å². The van der Waals surface area contributed by atoms with E-state index in [9.17, 15) is 19.3 Å². The minimum Gasteiger partial charge on any atom is -0.376 e. The van der Waals surface area contributed by atoms with Crippen molar-refractivity contribution in [2.24, 2.45) is 0 Å². The molecule has 0 saturated carbocycles. The van der Waals surface area contributed by atoms with Gasteiger partial charge >= 0.3 is 0 Å². The van der Waals surface area contributed by atoms with E-state index in [1.165, 1.54) is 30.3 Å². The zero-order valence-electron chi connectivity index (χ0n) is 15.1. The van der Waals surface area contributed by atoms with Crippen molar-refractivity contribution >= 4 is 11.6 Å². The zero-order chi connectivity index (χ0) is 19.4. The second-order valence-electron chi connectivity index (χ2n) is 6.71. The SMILES string of the molecule is Cc1cc([N+](=O)[O-])ccc1C(=O)N(Cc1cccc(F)c1)CC1CCCO1. The number of hydrogen-bond donors (Lipinski definition) is 0. The summed E-state index contributed by atoms with van der Waals surface area (Å²) in [4.78, 5) is 25.2. The van der Waals surface area contributed by atoms with Crippen LogP contribution in [0.1, 0.15) is 34.3 Å². The lowest BCUT2D eigenvalue weighted by molar-refractivity contribution is -0.384. The van der Waals surface area contributed by atoms with E-state index in [4.69, 9.17) is 4.74 Å². The summed E-state index contributed by atoms with van der Waals surface area (Å²) in [5, 5.41) is 10.9. The van der Waals surface area contributed by atoms with E-state index in [1.54, 1.807) is 24.0 Å². The minimum absolute atomic E-state index is 0.0548. The molecule has 1 atom stereocenters. The summed E-state index contributed by atoms with van der Waals surface area (Å²) in [5.74, 6) is -0.606. The van der Waals surface area contributed by atoms with Crippen LogP contribution in [0, 0.1) is 22.9 Å². The molecule has 0 radical (unpaired) electrons. The van der Waals surface area contributed by atoms with Crippen LogP contribution in [0.5, 0.6) is 0 Å². The van der Waals surface area contributed by atoms with Gasteiger partial charge in [-0.3, -0.25) is 14.9 Å². The number of non-ortho nitro benzene ring substituents is 1. The second-order valence-corrected chi connectivity index (χ2v) is 6.71. The normalized spacial score (nSPS) is 16.3. The Balaban J connectivity index is 1.86. The average Bonchev–Trinajstić information content (AvgIpc) is 3.13. The molecule has 2 aromatic rings. The molecule has 1 fully saturated rings. The predicted molar refractivity (Wildman–Crippen MR) is 97.9 cm³/mol. The molecule has 0 spiro atoms. The lowest BCUT2D eigenvalue weighted by atomic mass is 10.1. The summed E-state index contributed by atoms with van der Waals surface area (Å²) in [6.07, 6.45) is 1.76. The van der Waals surface area contributed by atoms with Gasteiger partial charge in [0.15, 0.2) is 0 Å². The summed E-state index contributed by atoms with van der Waals surface area (Å²) < 4.78 is 19.2. The highest BCUT2D eigenvalue weighted by atomic mass is 19.1. The van der Waals surface area contributed by atoms with Gasteiger partial charge in [-0.2, -0.15) is 0 Å². The molecule has 0 bridgehead atoms. The van der Waals surface area contributed by atoms with Crippen LogP contribution in [0.3, 0.4) is 0 Å². The van der Waals surface area contributed by atoms with Crippen molar-refractivity contribution in [2.45, 2.75) is 32.4 Å². The Kier molecular flexibility index (Phi) is 5.81. The maximum atomic E-state index is 13.5. The fourth-order valence-electron chi connectivity index (χ4n) is 3.28. The van der Waals surface area contributed by atoms with E-state index in [2.05, 4.69) is 0 Å². The Bertz CT molecular complexity index is 850. The molecular weight excluding hydrogens is 351 g/mol. The second kappa shape index (κ2) is 8.26. The van der Waals surface area contributed by atoms with Crippen LogP contribution < -0.4 is 0 Å². The summed E-state index contributed by atoms with van der Waals surface area (Å²) in [7, 11) is 0. The average molecular weight is 372 g/mol. The number of nitrogens with zero attached hydrogens (tertiary/aromatic N) is 2. The van der Waals surface area contributed by atoms with Gasteiger partial charge in [0, 0.05) is 37.4 Å². The van der Waals surface area contributed by atoms with Crippen LogP contribution in [0.4, 0.5) is 10.1 Å². The van der Waals surface area contributed by atoms with E-state index in [1.807, 2.05) is 0 Å². The number of ether oxygens (including phenoxy) is 1. The largest absolute Gasteiger partial charge is 0.376 e. The quantitative estimate of drug-likeness (QED) is 0.570. The fraction of sp³-hybridized carbons (Fsp3) is 0.350. The first-order chi connectivity index (χ1) is 12.9. The molecule has 0 N–H and O–H groups in total. The number of nitro benzene ring substituents is 1. The van der Waals surface area contributed by atoms with Gasteiger partial charge in [0.1, 0.15) is 5.82 Å². The first kappa shape index (κ1) is 19.0. The van der Waals surface area contributed by atoms with Crippen molar-refractivity contribution in [3.8, 4) is 0 Å². The van der Waals surface area contributed by atoms with Gasteiger partial charge in [0.2, 0.25) is 0 Å². The number of halogens is 1. The molecule has 27 heavy (non-hydrogen) atoms. The van der Waals surface area contributed by atoms with Gasteiger partial charge in [0.05, 0.1) is 11.0 Å². The lowest BCUT2D eigenvalue weighted by Gasteiger charge is -2.26. The van der Waals surface area contributed by atoms with E-state index >= 15 is 0 Å². The highest BCUT2D eigenvalue weighted by molar-refractivity contribution is 5.96. The van der Waals surface area contributed by atoms with Crippen molar-refractivity contribution < 1.29 is 18.8 Å².